The van der Waals surface area contributed by atoms with Crippen molar-refractivity contribution in [3.8, 4) is 0 Å². The number of fused-ring (bicyclic) bond motifs is 1. The number of oxazole rings is 1. The summed E-state index contributed by atoms with van der Waals surface area (Å²) in [7, 11) is 0. The molecule has 144 valence electrons. The van der Waals surface area contributed by atoms with Crippen molar-refractivity contribution in [2.75, 3.05) is 13.1 Å². The van der Waals surface area contributed by atoms with Crippen LogP contribution in [0.1, 0.15) is 34.8 Å². The number of carboxylic acid groups (broad SMARTS) is 1. The SMILES string of the molecule is O=C(O)c1cccc(CC(=O)N2CCC(n3c(=O)oc4ccccc43)CC2)c1. The van der Waals surface area contributed by atoms with Crippen molar-refractivity contribution in [2.45, 2.75) is 25.3 Å². The third kappa shape index (κ3) is 3.43. The molecule has 1 fully saturated rings. The number of rotatable bonds is 4. The van der Waals surface area contributed by atoms with Crippen molar-refractivity contribution >= 4 is 23.0 Å². The van der Waals surface area contributed by atoms with Crippen LogP contribution >= 0.6 is 0 Å². The molecule has 28 heavy (non-hydrogen) atoms. The first-order chi connectivity index (χ1) is 13.5. The smallest absolute Gasteiger partial charge is 0.420 e. The second-order valence-electron chi connectivity index (χ2n) is 7.00. The van der Waals surface area contributed by atoms with Gasteiger partial charge in [0.25, 0.3) is 0 Å². The van der Waals surface area contributed by atoms with Crippen LogP contribution in [0.2, 0.25) is 0 Å². The molecule has 4 rings (SSSR count). The Bertz CT molecular complexity index is 1090. The molecule has 1 saturated heterocycles. The number of carboxylic acids is 1. The third-order valence-electron chi connectivity index (χ3n) is 5.23. The lowest BCUT2D eigenvalue weighted by Crippen LogP contribution is -2.41. The van der Waals surface area contributed by atoms with Crippen molar-refractivity contribution in [1.29, 1.82) is 0 Å². The van der Waals surface area contributed by atoms with Gasteiger partial charge in [0.05, 0.1) is 17.5 Å². The van der Waals surface area contributed by atoms with E-state index in [0.29, 0.717) is 37.1 Å². The maximum Gasteiger partial charge on any atom is 0.420 e. The summed E-state index contributed by atoms with van der Waals surface area (Å²) in [6, 6.07) is 13.8. The van der Waals surface area contributed by atoms with E-state index in [1.165, 1.54) is 12.1 Å². The van der Waals surface area contributed by atoms with Crippen LogP contribution in [0.4, 0.5) is 0 Å². The van der Waals surface area contributed by atoms with Gasteiger partial charge in [-0.1, -0.05) is 24.3 Å². The molecule has 0 radical (unpaired) electrons. The van der Waals surface area contributed by atoms with E-state index in [9.17, 15) is 14.4 Å². The molecule has 2 heterocycles. The van der Waals surface area contributed by atoms with E-state index >= 15 is 0 Å². The predicted molar refractivity (Wildman–Crippen MR) is 102 cm³/mol. The number of carbonyl (C=O) groups excluding carboxylic acids is 1. The van der Waals surface area contributed by atoms with Gasteiger partial charge in [-0.05, 0) is 42.7 Å². The number of para-hydroxylation sites is 2. The average molecular weight is 380 g/mol. The van der Waals surface area contributed by atoms with Gasteiger partial charge in [0.15, 0.2) is 5.58 Å². The quantitative estimate of drug-likeness (QED) is 0.751. The molecule has 1 aliphatic heterocycles. The number of nitrogens with zero attached hydrogens (tertiary/aromatic N) is 2. The number of amides is 1. The summed E-state index contributed by atoms with van der Waals surface area (Å²) in [4.78, 5) is 37.7. The van der Waals surface area contributed by atoms with E-state index in [4.69, 9.17) is 9.52 Å². The van der Waals surface area contributed by atoms with E-state index in [0.717, 1.165) is 5.52 Å². The molecule has 0 bridgehead atoms. The number of aromatic nitrogens is 1. The fourth-order valence-electron chi connectivity index (χ4n) is 3.80. The summed E-state index contributed by atoms with van der Waals surface area (Å²) in [5.41, 5.74) is 2.21. The van der Waals surface area contributed by atoms with Crippen molar-refractivity contribution in [3.05, 3.63) is 70.2 Å². The van der Waals surface area contributed by atoms with Gasteiger partial charge in [-0.25, -0.2) is 9.59 Å². The molecule has 1 N–H and O–H groups in total. The minimum absolute atomic E-state index is 0.00413. The summed E-state index contributed by atoms with van der Waals surface area (Å²) in [5.74, 6) is -1.41. The van der Waals surface area contributed by atoms with E-state index in [1.54, 1.807) is 27.7 Å². The predicted octanol–water partition coefficient (Wildman–Crippen LogP) is 2.70. The van der Waals surface area contributed by atoms with Crippen molar-refractivity contribution < 1.29 is 19.1 Å². The van der Waals surface area contributed by atoms with Crippen LogP contribution in [-0.2, 0) is 11.2 Å². The minimum atomic E-state index is -1.01. The number of hydrogen-bond donors (Lipinski definition) is 1. The lowest BCUT2D eigenvalue weighted by molar-refractivity contribution is -0.131. The lowest BCUT2D eigenvalue weighted by Gasteiger charge is -2.32. The Hall–Kier alpha value is -3.35. The molecule has 7 heteroatoms. The maximum absolute atomic E-state index is 12.6. The van der Waals surface area contributed by atoms with Crippen LogP contribution in [0.3, 0.4) is 0 Å². The fraction of sp³-hybridized carbons (Fsp3) is 0.286. The van der Waals surface area contributed by atoms with E-state index in [-0.39, 0.29) is 29.7 Å². The lowest BCUT2D eigenvalue weighted by atomic mass is 10.0. The first-order valence-electron chi connectivity index (χ1n) is 9.23. The van der Waals surface area contributed by atoms with Gasteiger partial charge >= 0.3 is 11.7 Å². The molecule has 7 nitrogen and oxygen atoms in total. The molecule has 2 aromatic carbocycles. The molecule has 3 aromatic rings. The van der Waals surface area contributed by atoms with E-state index < -0.39 is 5.97 Å². The Balaban J connectivity index is 1.43. The Kier molecular flexibility index (Phi) is 4.73. The van der Waals surface area contributed by atoms with Crippen molar-refractivity contribution in [2.24, 2.45) is 0 Å². The molecule has 0 unspecified atom stereocenters. The highest BCUT2D eigenvalue weighted by molar-refractivity contribution is 5.88. The topological polar surface area (TPSA) is 92.8 Å². The number of piperidine rings is 1. The maximum atomic E-state index is 12.6. The van der Waals surface area contributed by atoms with Crippen LogP contribution in [0.15, 0.2) is 57.7 Å². The highest BCUT2D eigenvalue weighted by Gasteiger charge is 2.26. The number of benzene rings is 2. The van der Waals surface area contributed by atoms with Gasteiger partial charge in [0, 0.05) is 19.1 Å². The molecule has 1 aliphatic rings. The first-order valence-corrected chi connectivity index (χ1v) is 9.23. The molecular weight excluding hydrogens is 360 g/mol. The number of likely N-dealkylation sites (tertiary alicyclic amines) is 1. The van der Waals surface area contributed by atoms with Crippen LogP contribution in [0, 0.1) is 0 Å². The van der Waals surface area contributed by atoms with Crippen molar-refractivity contribution in [1.82, 2.24) is 9.47 Å². The molecular formula is C21H20N2O5. The van der Waals surface area contributed by atoms with E-state index in [2.05, 4.69) is 0 Å². The van der Waals surface area contributed by atoms with Gasteiger partial charge in [-0.3, -0.25) is 9.36 Å². The van der Waals surface area contributed by atoms with Gasteiger partial charge in [0.1, 0.15) is 0 Å². The standard InChI is InChI=1S/C21H20N2O5/c24-19(13-14-4-3-5-15(12-14)20(25)26)22-10-8-16(9-11-22)23-17-6-1-2-7-18(17)28-21(23)27/h1-7,12,16H,8-11,13H2,(H,25,26). The Morgan fingerprint density at radius 1 is 1.07 bits per heavy atom. The third-order valence-corrected chi connectivity index (χ3v) is 5.23. The molecule has 0 aliphatic carbocycles. The Morgan fingerprint density at radius 3 is 2.57 bits per heavy atom. The number of hydrogen-bond acceptors (Lipinski definition) is 4. The molecule has 1 amide bonds. The highest BCUT2D eigenvalue weighted by Crippen LogP contribution is 2.26. The first kappa shape index (κ1) is 18.0. The molecule has 0 spiro atoms. The summed E-state index contributed by atoms with van der Waals surface area (Å²) >= 11 is 0. The zero-order valence-electron chi connectivity index (χ0n) is 15.2. The summed E-state index contributed by atoms with van der Waals surface area (Å²) < 4.78 is 7.00. The monoisotopic (exact) mass is 380 g/mol. The Morgan fingerprint density at radius 2 is 1.82 bits per heavy atom. The average Bonchev–Trinajstić information content (AvgIpc) is 3.04. The normalized spacial score (nSPS) is 15.1. The summed E-state index contributed by atoms with van der Waals surface area (Å²) in [6.45, 7) is 1.10. The van der Waals surface area contributed by atoms with Gasteiger partial charge in [0.2, 0.25) is 5.91 Å². The zero-order valence-corrected chi connectivity index (χ0v) is 15.2. The van der Waals surface area contributed by atoms with Crippen LogP contribution in [0.25, 0.3) is 11.1 Å². The van der Waals surface area contributed by atoms with E-state index in [1.807, 2.05) is 18.2 Å². The van der Waals surface area contributed by atoms with Crippen molar-refractivity contribution in [3.63, 3.8) is 0 Å². The summed E-state index contributed by atoms with van der Waals surface area (Å²) in [6.07, 6.45) is 1.51. The van der Waals surface area contributed by atoms with Crippen LogP contribution < -0.4 is 5.76 Å². The minimum Gasteiger partial charge on any atom is -0.478 e. The van der Waals surface area contributed by atoms with Crippen LogP contribution in [-0.4, -0.2) is 39.5 Å². The van der Waals surface area contributed by atoms with Crippen LogP contribution in [0.5, 0.6) is 0 Å². The van der Waals surface area contributed by atoms with Gasteiger partial charge in [-0.2, -0.15) is 0 Å². The molecule has 0 saturated carbocycles. The summed E-state index contributed by atoms with van der Waals surface area (Å²) in [5, 5.41) is 9.08. The number of carbonyl (C=O) groups is 2. The largest absolute Gasteiger partial charge is 0.478 e. The fourth-order valence-corrected chi connectivity index (χ4v) is 3.80. The second-order valence-corrected chi connectivity index (χ2v) is 7.00. The molecule has 0 atom stereocenters. The molecule has 1 aromatic heterocycles. The Labute approximate surface area is 160 Å². The highest BCUT2D eigenvalue weighted by atomic mass is 16.4. The van der Waals surface area contributed by atoms with Gasteiger partial charge < -0.3 is 14.4 Å². The second kappa shape index (κ2) is 7.34. The number of aromatic carboxylic acids is 1. The van der Waals surface area contributed by atoms with Gasteiger partial charge in [-0.15, -0.1) is 0 Å². The zero-order chi connectivity index (χ0) is 19.7.